The van der Waals surface area contributed by atoms with Crippen molar-refractivity contribution < 1.29 is 19.2 Å². The Morgan fingerprint density at radius 1 is 1.09 bits per heavy atom. The van der Waals surface area contributed by atoms with E-state index in [1.807, 2.05) is 5.06 Å². The van der Waals surface area contributed by atoms with Gasteiger partial charge in [-0.25, -0.2) is 0 Å². The second kappa shape index (κ2) is 7.65. The maximum Gasteiger partial charge on any atom is 0.322 e. The van der Waals surface area contributed by atoms with E-state index in [2.05, 4.69) is 34.6 Å². The van der Waals surface area contributed by atoms with Gasteiger partial charge in [0.15, 0.2) is 0 Å². The lowest BCUT2D eigenvalue weighted by molar-refractivity contribution is -0.269. The molecule has 0 N–H and O–H groups in total. The van der Waals surface area contributed by atoms with E-state index < -0.39 is 0 Å². The fourth-order valence-electron chi connectivity index (χ4n) is 4.05. The molecule has 1 aliphatic rings. The summed E-state index contributed by atoms with van der Waals surface area (Å²) in [5.74, 6) is -0.430. The largest absolute Gasteiger partial charge is 0.462 e. The van der Waals surface area contributed by atoms with E-state index in [0.717, 1.165) is 32.1 Å². The SMILES string of the molecule is CCC1C(OC(C)=O)CCC(C)(CC)N(OC(C)=O)C1(C)CC. The fourth-order valence-corrected chi connectivity index (χ4v) is 4.05. The van der Waals surface area contributed by atoms with E-state index in [-0.39, 0.29) is 35.0 Å². The molecule has 134 valence electrons. The van der Waals surface area contributed by atoms with Crippen molar-refractivity contribution in [1.29, 1.82) is 0 Å². The zero-order valence-corrected chi connectivity index (χ0v) is 15.8. The van der Waals surface area contributed by atoms with Crippen LogP contribution in [0.3, 0.4) is 0 Å². The Kier molecular flexibility index (Phi) is 6.63. The molecule has 1 rings (SSSR count). The van der Waals surface area contributed by atoms with Crippen LogP contribution in [0.5, 0.6) is 0 Å². The summed E-state index contributed by atoms with van der Waals surface area (Å²) in [6.45, 7) is 13.5. The molecule has 23 heavy (non-hydrogen) atoms. The van der Waals surface area contributed by atoms with E-state index >= 15 is 0 Å². The van der Waals surface area contributed by atoms with Gasteiger partial charge in [0.1, 0.15) is 6.10 Å². The molecule has 1 saturated heterocycles. The first-order valence-electron chi connectivity index (χ1n) is 8.80. The third kappa shape index (κ3) is 4.06. The Hall–Kier alpha value is -1.10. The van der Waals surface area contributed by atoms with Gasteiger partial charge in [-0.1, -0.05) is 20.8 Å². The highest BCUT2D eigenvalue weighted by atomic mass is 16.7. The zero-order chi connectivity index (χ0) is 17.8. The van der Waals surface area contributed by atoms with Crippen molar-refractivity contribution >= 4 is 11.9 Å². The first kappa shape index (κ1) is 19.9. The molecule has 1 aliphatic heterocycles. The molecule has 1 fully saturated rings. The van der Waals surface area contributed by atoms with Crippen molar-refractivity contribution in [2.45, 2.75) is 97.8 Å². The van der Waals surface area contributed by atoms with Gasteiger partial charge in [0.2, 0.25) is 0 Å². The lowest BCUT2D eigenvalue weighted by Crippen LogP contribution is -2.61. The molecule has 0 bridgehead atoms. The number of nitrogens with zero attached hydrogens (tertiary/aromatic N) is 1. The smallest absolute Gasteiger partial charge is 0.322 e. The Morgan fingerprint density at radius 3 is 2.09 bits per heavy atom. The summed E-state index contributed by atoms with van der Waals surface area (Å²) in [5.41, 5.74) is -0.638. The average Bonchev–Trinajstić information content (AvgIpc) is 2.56. The molecule has 0 aromatic carbocycles. The first-order chi connectivity index (χ1) is 10.6. The van der Waals surface area contributed by atoms with Crippen LogP contribution in [0.1, 0.15) is 80.6 Å². The van der Waals surface area contributed by atoms with Crippen molar-refractivity contribution in [3.05, 3.63) is 0 Å². The van der Waals surface area contributed by atoms with Crippen molar-refractivity contribution in [3.8, 4) is 0 Å². The third-order valence-corrected chi connectivity index (χ3v) is 5.62. The number of hydrogen-bond acceptors (Lipinski definition) is 5. The first-order valence-corrected chi connectivity index (χ1v) is 8.80. The lowest BCUT2D eigenvalue weighted by Gasteiger charge is -2.50. The summed E-state index contributed by atoms with van der Waals surface area (Å²) in [6, 6.07) is 0. The maximum absolute atomic E-state index is 11.7. The molecule has 0 aliphatic carbocycles. The van der Waals surface area contributed by atoms with E-state index in [1.165, 1.54) is 13.8 Å². The van der Waals surface area contributed by atoms with E-state index in [9.17, 15) is 9.59 Å². The van der Waals surface area contributed by atoms with Gasteiger partial charge in [-0.15, -0.1) is 5.06 Å². The molecule has 5 nitrogen and oxygen atoms in total. The van der Waals surface area contributed by atoms with Crippen molar-refractivity contribution in [2.75, 3.05) is 0 Å². The molecule has 4 atom stereocenters. The normalized spacial score (nSPS) is 35.4. The van der Waals surface area contributed by atoms with Crippen LogP contribution in [0.15, 0.2) is 0 Å². The van der Waals surface area contributed by atoms with Crippen LogP contribution in [0.25, 0.3) is 0 Å². The molecular weight excluding hydrogens is 294 g/mol. The summed E-state index contributed by atoms with van der Waals surface area (Å²) >= 11 is 0. The predicted molar refractivity (Wildman–Crippen MR) is 89.6 cm³/mol. The molecule has 1 heterocycles. The van der Waals surface area contributed by atoms with E-state index in [1.54, 1.807) is 0 Å². The number of carbonyl (C=O) groups excluding carboxylic acids is 2. The van der Waals surface area contributed by atoms with E-state index in [0.29, 0.717) is 0 Å². The van der Waals surface area contributed by atoms with Gasteiger partial charge in [-0.2, -0.15) is 0 Å². The number of hydrogen-bond donors (Lipinski definition) is 0. The van der Waals surface area contributed by atoms with Crippen LogP contribution in [-0.4, -0.2) is 34.2 Å². The minimum absolute atomic E-state index is 0.115. The number of ether oxygens (including phenoxy) is 1. The molecule has 0 aromatic rings. The van der Waals surface area contributed by atoms with Crippen molar-refractivity contribution in [1.82, 2.24) is 5.06 Å². The number of rotatable bonds is 5. The highest BCUT2D eigenvalue weighted by Crippen LogP contribution is 2.46. The molecular formula is C18H33NO4. The standard InChI is InChI=1S/C18H33NO4/c1-8-15-16(22-13(4)20)11-12-17(6,9-2)19(23-14(5)21)18(15,7)10-3/h15-16H,8-12H2,1-7H3. The van der Waals surface area contributed by atoms with Gasteiger partial charge in [0, 0.05) is 19.8 Å². The predicted octanol–water partition coefficient (Wildman–Crippen LogP) is 3.86. The third-order valence-electron chi connectivity index (χ3n) is 5.62. The lowest BCUT2D eigenvalue weighted by atomic mass is 9.77. The number of carbonyl (C=O) groups is 2. The van der Waals surface area contributed by atoms with Crippen molar-refractivity contribution in [2.24, 2.45) is 5.92 Å². The Morgan fingerprint density at radius 2 is 1.70 bits per heavy atom. The molecule has 0 amide bonds. The number of hydroxylamine groups is 2. The van der Waals surface area contributed by atoms with Crippen molar-refractivity contribution in [3.63, 3.8) is 0 Å². The van der Waals surface area contributed by atoms with Crippen LogP contribution >= 0.6 is 0 Å². The van der Waals surface area contributed by atoms with E-state index in [4.69, 9.17) is 9.57 Å². The van der Waals surface area contributed by atoms with Gasteiger partial charge >= 0.3 is 11.9 Å². The summed E-state index contributed by atoms with van der Waals surface area (Å²) in [7, 11) is 0. The maximum atomic E-state index is 11.7. The quantitative estimate of drug-likeness (QED) is 0.718. The minimum atomic E-state index is -0.373. The Bertz CT molecular complexity index is 439. The highest BCUT2D eigenvalue weighted by molar-refractivity contribution is 5.66. The van der Waals surface area contributed by atoms with Crippen LogP contribution in [-0.2, 0) is 19.2 Å². The van der Waals surface area contributed by atoms with Crippen LogP contribution in [0, 0.1) is 5.92 Å². The fraction of sp³-hybridized carbons (Fsp3) is 0.889. The van der Waals surface area contributed by atoms with Gasteiger partial charge in [-0.05, 0) is 46.0 Å². The zero-order valence-electron chi connectivity index (χ0n) is 15.8. The Balaban J connectivity index is 3.38. The topological polar surface area (TPSA) is 55.8 Å². The second-order valence-corrected chi connectivity index (χ2v) is 7.14. The summed E-state index contributed by atoms with van der Waals surface area (Å²) in [6.07, 6.45) is 4.00. The molecule has 4 unspecified atom stereocenters. The monoisotopic (exact) mass is 327 g/mol. The molecule has 0 radical (unpaired) electrons. The highest BCUT2D eigenvalue weighted by Gasteiger charge is 2.53. The van der Waals surface area contributed by atoms with Crippen LogP contribution in [0.4, 0.5) is 0 Å². The summed E-state index contributed by atoms with van der Waals surface area (Å²) in [5, 5.41) is 1.92. The van der Waals surface area contributed by atoms with Gasteiger partial charge in [0.05, 0.1) is 11.1 Å². The molecule has 0 spiro atoms. The van der Waals surface area contributed by atoms with Gasteiger partial charge < -0.3 is 9.57 Å². The number of esters is 1. The van der Waals surface area contributed by atoms with Crippen LogP contribution < -0.4 is 0 Å². The second-order valence-electron chi connectivity index (χ2n) is 7.14. The van der Waals surface area contributed by atoms with Gasteiger partial charge in [0.25, 0.3) is 0 Å². The summed E-state index contributed by atoms with van der Waals surface area (Å²) < 4.78 is 5.66. The molecule has 0 saturated carbocycles. The minimum Gasteiger partial charge on any atom is -0.462 e. The van der Waals surface area contributed by atoms with Gasteiger partial charge in [-0.3, -0.25) is 9.59 Å². The molecule has 5 heteroatoms. The average molecular weight is 327 g/mol. The molecule has 0 aromatic heterocycles. The van der Waals surface area contributed by atoms with Crippen LogP contribution in [0.2, 0.25) is 0 Å². The summed E-state index contributed by atoms with van der Waals surface area (Å²) in [4.78, 5) is 29.0. The Labute approximate surface area is 140 Å².